The lowest BCUT2D eigenvalue weighted by atomic mass is 9.82. The summed E-state index contributed by atoms with van der Waals surface area (Å²) in [4.78, 5) is 39.9. The van der Waals surface area contributed by atoms with Gasteiger partial charge >= 0.3 is 0 Å². The first-order valence-corrected chi connectivity index (χ1v) is 10.1. The molecule has 1 heterocycles. The highest BCUT2D eigenvalue weighted by molar-refractivity contribution is 9.09. The Morgan fingerprint density at radius 3 is 2.50 bits per heavy atom. The van der Waals surface area contributed by atoms with E-state index in [-0.39, 0.29) is 11.6 Å². The van der Waals surface area contributed by atoms with Gasteiger partial charge in [-0.2, -0.15) is 0 Å². The molecule has 1 aliphatic rings. The zero-order valence-electron chi connectivity index (χ0n) is 15.8. The van der Waals surface area contributed by atoms with E-state index in [4.69, 9.17) is 0 Å². The highest BCUT2D eigenvalue weighted by Crippen LogP contribution is 2.38. The van der Waals surface area contributed by atoms with Gasteiger partial charge in [0.05, 0.1) is 28.3 Å². The minimum Gasteiger partial charge on any atom is -0.350 e. The number of nitro benzene ring substituents is 1. The summed E-state index contributed by atoms with van der Waals surface area (Å²) in [6.07, 6.45) is 2.75. The third-order valence-electron chi connectivity index (χ3n) is 4.70. The van der Waals surface area contributed by atoms with Crippen molar-refractivity contribution in [3.05, 3.63) is 51.3 Å². The molecule has 0 spiro atoms. The number of non-ortho nitro benzene ring substituents is 1. The maximum absolute atomic E-state index is 11.9. The molecule has 0 bridgehead atoms. The lowest BCUT2D eigenvalue weighted by Crippen LogP contribution is -2.46. The summed E-state index contributed by atoms with van der Waals surface area (Å²) in [6.45, 7) is 4.29. The molecule has 0 radical (unpaired) electrons. The van der Waals surface area contributed by atoms with Crippen LogP contribution >= 0.6 is 15.9 Å². The van der Waals surface area contributed by atoms with Crippen molar-refractivity contribution in [1.29, 1.82) is 0 Å². The summed E-state index contributed by atoms with van der Waals surface area (Å²) in [5.74, 6) is -0.376. The number of hydrogen-bond donors (Lipinski definition) is 1. The summed E-state index contributed by atoms with van der Waals surface area (Å²) < 4.78 is 0. The molecule has 1 aliphatic heterocycles. The monoisotopic (exact) mass is 450 g/mol. The van der Waals surface area contributed by atoms with Gasteiger partial charge in [0, 0.05) is 29.7 Å². The summed E-state index contributed by atoms with van der Waals surface area (Å²) in [7, 11) is 0. The van der Waals surface area contributed by atoms with Crippen LogP contribution in [0.2, 0.25) is 0 Å². The topological polar surface area (TPSA) is 105 Å². The fraction of sp³-hybridized carbons (Fsp3) is 0.421. The van der Waals surface area contributed by atoms with E-state index in [1.54, 1.807) is 17.0 Å². The smallest absolute Gasteiger partial charge is 0.269 e. The van der Waals surface area contributed by atoms with E-state index in [0.717, 1.165) is 40.8 Å². The van der Waals surface area contributed by atoms with Gasteiger partial charge < -0.3 is 10.2 Å². The Labute approximate surface area is 172 Å². The molecule has 9 heteroatoms. The van der Waals surface area contributed by atoms with E-state index < -0.39 is 11.0 Å². The molecule has 1 aromatic carbocycles. The first-order valence-electron chi connectivity index (χ1n) is 8.98. The molecule has 2 unspecified atom stereocenters. The Balaban J connectivity index is 2.62. The number of nitro groups is 1. The van der Waals surface area contributed by atoms with Crippen LogP contribution in [0.5, 0.6) is 0 Å². The van der Waals surface area contributed by atoms with Crippen LogP contribution in [0.4, 0.5) is 5.69 Å². The Morgan fingerprint density at radius 1 is 1.32 bits per heavy atom. The van der Waals surface area contributed by atoms with Gasteiger partial charge in [-0.3, -0.25) is 24.7 Å². The van der Waals surface area contributed by atoms with Crippen molar-refractivity contribution in [1.82, 2.24) is 10.2 Å². The first-order chi connectivity index (χ1) is 13.5. The molecule has 2 rings (SSSR count). The normalized spacial score (nSPS) is 19.0. The van der Waals surface area contributed by atoms with Gasteiger partial charge in [0.25, 0.3) is 5.69 Å². The van der Waals surface area contributed by atoms with E-state index in [1.807, 2.05) is 13.8 Å². The predicted octanol–water partition coefficient (Wildman–Crippen LogP) is 3.13. The predicted molar refractivity (Wildman–Crippen MR) is 110 cm³/mol. The molecule has 8 nitrogen and oxygen atoms in total. The van der Waals surface area contributed by atoms with E-state index >= 15 is 0 Å². The summed E-state index contributed by atoms with van der Waals surface area (Å²) in [5, 5.41) is 14.5. The molecular weight excluding hydrogens is 428 g/mol. The van der Waals surface area contributed by atoms with Crippen molar-refractivity contribution in [3.8, 4) is 0 Å². The van der Waals surface area contributed by atoms with Crippen molar-refractivity contribution in [2.24, 2.45) is 4.99 Å². The van der Waals surface area contributed by atoms with E-state index in [9.17, 15) is 19.7 Å². The molecule has 28 heavy (non-hydrogen) atoms. The van der Waals surface area contributed by atoms with Crippen LogP contribution in [0.3, 0.4) is 0 Å². The second-order valence-corrected chi connectivity index (χ2v) is 7.16. The Morgan fingerprint density at radius 2 is 2.00 bits per heavy atom. The van der Waals surface area contributed by atoms with E-state index in [1.165, 1.54) is 12.1 Å². The van der Waals surface area contributed by atoms with Gasteiger partial charge in [-0.05, 0) is 25.3 Å². The van der Waals surface area contributed by atoms with Crippen LogP contribution in [0.1, 0.15) is 38.2 Å². The molecule has 1 N–H and O–H groups in total. The van der Waals surface area contributed by atoms with Crippen molar-refractivity contribution in [3.63, 3.8) is 0 Å². The van der Waals surface area contributed by atoms with Crippen molar-refractivity contribution < 1.29 is 14.5 Å². The Kier molecular flexibility index (Phi) is 7.86. The zero-order valence-corrected chi connectivity index (χ0v) is 17.4. The number of carbonyl (C=O) groups excluding carboxylic acids is 2. The molecule has 2 amide bonds. The van der Waals surface area contributed by atoms with Crippen LogP contribution in [-0.4, -0.2) is 46.3 Å². The number of allylic oxidation sites excluding steroid dienone is 1. The second-order valence-electron chi connectivity index (χ2n) is 6.37. The highest BCUT2D eigenvalue weighted by Gasteiger charge is 2.36. The lowest BCUT2D eigenvalue weighted by molar-refractivity contribution is -0.384. The summed E-state index contributed by atoms with van der Waals surface area (Å²) >= 11 is 3.38. The molecular formula is C19H23BrN4O4. The maximum atomic E-state index is 11.9. The van der Waals surface area contributed by atoms with E-state index in [0.29, 0.717) is 19.4 Å². The Bertz CT molecular complexity index is 792. The average Bonchev–Trinajstić information content (AvgIpc) is 2.70. The largest absolute Gasteiger partial charge is 0.350 e. The lowest BCUT2D eigenvalue weighted by Gasteiger charge is -2.38. The highest BCUT2D eigenvalue weighted by atomic mass is 79.9. The molecule has 150 valence electrons. The van der Waals surface area contributed by atoms with Gasteiger partial charge in [-0.25, -0.2) is 0 Å². The molecule has 0 saturated carbocycles. The maximum Gasteiger partial charge on any atom is 0.269 e. The molecule has 0 fully saturated rings. The fourth-order valence-corrected chi connectivity index (χ4v) is 3.68. The molecule has 2 atom stereocenters. The molecule has 0 aliphatic carbocycles. The van der Waals surface area contributed by atoms with Gasteiger partial charge in [0.2, 0.25) is 12.8 Å². The SMILES string of the molecule is CCC1=C(N(C=O)CCCBr)C(c2ccc([N+](=O)[O-])cc2)C(NC=O)C(C)=N1. The number of alkyl halides is 1. The minimum atomic E-state index is -0.458. The van der Waals surface area contributed by atoms with E-state index in [2.05, 4.69) is 26.2 Å². The number of aliphatic imine (C=N–C) groups is 1. The fourth-order valence-electron chi connectivity index (χ4n) is 3.43. The molecule has 0 aromatic heterocycles. The number of carbonyl (C=O) groups is 2. The van der Waals surface area contributed by atoms with Gasteiger partial charge in [0.1, 0.15) is 0 Å². The zero-order chi connectivity index (χ0) is 20.7. The Hall–Kier alpha value is -2.55. The first kappa shape index (κ1) is 21.7. The summed E-state index contributed by atoms with van der Waals surface area (Å²) in [6, 6.07) is 5.75. The van der Waals surface area contributed by atoms with Crippen molar-refractivity contribution >= 4 is 40.1 Å². The van der Waals surface area contributed by atoms with Gasteiger partial charge in [-0.15, -0.1) is 0 Å². The number of hydrogen-bond acceptors (Lipinski definition) is 5. The molecule has 0 saturated heterocycles. The van der Waals surface area contributed by atoms with Gasteiger partial charge in [0.15, 0.2) is 0 Å². The number of halogens is 1. The van der Waals surface area contributed by atoms with Crippen LogP contribution in [0, 0.1) is 10.1 Å². The van der Waals surface area contributed by atoms with Crippen molar-refractivity contribution in [2.45, 2.75) is 38.6 Å². The van der Waals surface area contributed by atoms with Crippen LogP contribution in [0.25, 0.3) is 0 Å². The second kappa shape index (κ2) is 10.1. The third kappa shape index (κ3) is 4.64. The third-order valence-corrected chi connectivity index (χ3v) is 5.26. The number of nitrogens with zero attached hydrogens (tertiary/aromatic N) is 3. The average molecular weight is 451 g/mol. The van der Waals surface area contributed by atoms with Crippen molar-refractivity contribution in [2.75, 3.05) is 11.9 Å². The van der Waals surface area contributed by atoms with Crippen LogP contribution in [0.15, 0.2) is 40.7 Å². The quantitative estimate of drug-likeness (QED) is 0.255. The number of amides is 2. The number of rotatable bonds is 10. The summed E-state index contributed by atoms with van der Waals surface area (Å²) in [5.41, 5.74) is 2.97. The number of nitrogens with one attached hydrogen (secondary N) is 1. The molecule has 1 aromatic rings. The number of benzene rings is 1. The minimum absolute atomic E-state index is 0.0161. The standard InChI is InChI=1S/C19H23BrN4O4/c1-3-16-19(23(12-26)10-4-9-20)17(18(21-11-25)13(2)22-16)14-5-7-15(8-6-14)24(27)28/h5-8,11-12,17-18H,3-4,9-10H2,1-2H3,(H,21,25). The van der Waals surface area contributed by atoms with Crippen LogP contribution in [-0.2, 0) is 9.59 Å². The van der Waals surface area contributed by atoms with Gasteiger partial charge in [-0.1, -0.05) is 35.0 Å². The van der Waals surface area contributed by atoms with Crippen LogP contribution < -0.4 is 5.32 Å².